The van der Waals surface area contributed by atoms with Crippen LogP contribution < -0.4 is 10.6 Å². The van der Waals surface area contributed by atoms with Crippen LogP contribution in [0.5, 0.6) is 0 Å². The first kappa shape index (κ1) is 19.1. The zero-order valence-electron chi connectivity index (χ0n) is 14.0. The average molecular weight is 405 g/mol. The standard InChI is InChI=1S/C19H21BrN2O3/c1-14(25-13-15-6-3-2-4-7-15)18(23)21-10-11-22-19(24)16-8-5-9-17(20)12-16/h2-9,12,14H,10-11,13H2,1H3,(H,21,23)(H,22,24). The van der Waals surface area contributed by atoms with Crippen molar-refractivity contribution in [3.8, 4) is 0 Å². The molecule has 0 aromatic heterocycles. The van der Waals surface area contributed by atoms with Crippen molar-refractivity contribution in [2.24, 2.45) is 0 Å². The van der Waals surface area contributed by atoms with Gasteiger partial charge < -0.3 is 15.4 Å². The second kappa shape index (κ2) is 9.96. The van der Waals surface area contributed by atoms with Crippen LogP contribution in [0.3, 0.4) is 0 Å². The lowest BCUT2D eigenvalue weighted by atomic mass is 10.2. The zero-order chi connectivity index (χ0) is 18.1. The van der Waals surface area contributed by atoms with Crippen LogP contribution in [0.2, 0.25) is 0 Å². The number of hydrogen-bond donors (Lipinski definition) is 2. The van der Waals surface area contributed by atoms with E-state index >= 15 is 0 Å². The summed E-state index contributed by atoms with van der Waals surface area (Å²) in [6.45, 7) is 2.79. The van der Waals surface area contributed by atoms with Crippen molar-refractivity contribution in [2.75, 3.05) is 13.1 Å². The Morgan fingerprint density at radius 2 is 1.76 bits per heavy atom. The highest BCUT2D eigenvalue weighted by molar-refractivity contribution is 9.10. The summed E-state index contributed by atoms with van der Waals surface area (Å²) in [6, 6.07) is 16.8. The fraction of sp³-hybridized carbons (Fsp3) is 0.263. The molecule has 1 atom stereocenters. The number of ether oxygens (including phenoxy) is 1. The van der Waals surface area contributed by atoms with Crippen molar-refractivity contribution in [3.63, 3.8) is 0 Å². The van der Waals surface area contributed by atoms with Crippen molar-refractivity contribution in [2.45, 2.75) is 19.6 Å². The summed E-state index contributed by atoms with van der Waals surface area (Å²) in [7, 11) is 0. The summed E-state index contributed by atoms with van der Waals surface area (Å²) in [5, 5.41) is 5.51. The Bertz CT molecular complexity index is 707. The molecule has 0 bridgehead atoms. The summed E-state index contributed by atoms with van der Waals surface area (Å²) in [5.74, 6) is -0.378. The van der Waals surface area contributed by atoms with Crippen LogP contribution in [0.25, 0.3) is 0 Å². The van der Waals surface area contributed by atoms with E-state index in [-0.39, 0.29) is 11.8 Å². The molecule has 0 aliphatic carbocycles. The number of carbonyl (C=O) groups excluding carboxylic acids is 2. The zero-order valence-corrected chi connectivity index (χ0v) is 15.6. The molecule has 2 amide bonds. The van der Waals surface area contributed by atoms with E-state index in [0.29, 0.717) is 25.3 Å². The first-order valence-corrected chi connectivity index (χ1v) is 8.82. The van der Waals surface area contributed by atoms with Gasteiger partial charge in [-0.2, -0.15) is 0 Å². The van der Waals surface area contributed by atoms with Crippen LogP contribution in [0.1, 0.15) is 22.8 Å². The number of hydrogen-bond acceptors (Lipinski definition) is 3. The van der Waals surface area contributed by atoms with Gasteiger partial charge in [-0.1, -0.05) is 52.3 Å². The van der Waals surface area contributed by atoms with E-state index in [2.05, 4.69) is 26.6 Å². The van der Waals surface area contributed by atoms with E-state index in [1.54, 1.807) is 25.1 Å². The van der Waals surface area contributed by atoms with Crippen molar-refractivity contribution in [1.82, 2.24) is 10.6 Å². The van der Waals surface area contributed by atoms with Crippen molar-refractivity contribution < 1.29 is 14.3 Å². The van der Waals surface area contributed by atoms with Gasteiger partial charge in [0, 0.05) is 23.1 Å². The summed E-state index contributed by atoms with van der Waals surface area (Å²) in [4.78, 5) is 23.9. The maximum atomic E-state index is 12.0. The Kier molecular flexibility index (Phi) is 7.63. The molecular weight excluding hydrogens is 384 g/mol. The molecule has 0 saturated carbocycles. The molecule has 132 valence electrons. The molecule has 6 heteroatoms. The van der Waals surface area contributed by atoms with Crippen LogP contribution in [-0.4, -0.2) is 31.0 Å². The molecule has 0 aliphatic heterocycles. The molecule has 2 aromatic rings. The maximum absolute atomic E-state index is 12.0. The van der Waals surface area contributed by atoms with Gasteiger partial charge >= 0.3 is 0 Å². The first-order valence-electron chi connectivity index (χ1n) is 8.03. The Balaban J connectivity index is 1.65. The van der Waals surface area contributed by atoms with Gasteiger partial charge in [0.05, 0.1) is 6.61 Å². The number of carbonyl (C=O) groups is 2. The van der Waals surface area contributed by atoms with Gasteiger partial charge in [0.15, 0.2) is 0 Å². The van der Waals surface area contributed by atoms with Crippen LogP contribution >= 0.6 is 15.9 Å². The van der Waals surface area contributed by atoms with Crippen molar-refractivity contribution in [3.05, 3.63) is 70.2 Å². The Labute approximate surface area is 155 Å². The lowest BCUT2D eigenvalue weighted by Crippen LogP contribution is -2.39. The third-order valence-corrected chi connectivity index (χ3v) is 4.00. The first-order chi connectivity index (χ1) is 12.1. The van der Waals surface area contributed by atoms with Gasteiger partial charge in [0.2, 0.25) is 5.91 Å². The fourth-order valence-electron chi connectivity index (χ4n) is 2.11. The van der Waals surface area contributed by atoms with Gasteiger partial charge in [-0.3, -0.25) is 9.59 Å². The smallest absolute Gasteiger partial charge is 0.251 e. The molecule has 1 unspecified atom stereocenters. The van der Waals surface area contributed by atoms with Crippen LogP contribution in [-0.2, 0) is 16.1 Å². The second-order valence-electron chi connectivity index (χ2n) is 5.50. The molecular formula is C19H21BrN2O3. The Morgan fingerprint density at radius 3 is 2.48 bits per heavy atom. The minimum atomic E-state index is -0.555. The highest BCUT2D eigenvalue weighted by Gasteiger charge is 2.13. The van der Waals surface area contributed by atoms with Crippen LogP contribution in [0, 0.1) is 0 Å². The minimum absolute atomic E-state index is 0.177. The third-order valence-electron chi connectivity index (χ3n) is 3.51. The molecule has 25 heavy (non-hydrogen) atoms. The Hall–Kier alpha value is -2.18. The SMILES string of the molecule is CC(OCc1ccccc1)C(=O)NCCNC(=O)c1cccc(Br)c1. The van der Waals surface area contributed by atoms with E-state index in [9.17, 15) is 9.59 Å². The van der Waals surface area contributed by atoms with Gasteiger partial charge in [-0.25, -0.2) is 0 Å². The molecule has 2 N–H and O–H groups in total. The molecule has 2 rings (SSSR count). The lowest BCUT2D eigenvalue weighted by molar-refractivity contribution is -0.132. The molecule has 0 fully saturated rings. The van der Waals surface area contributed by atoms with Crippen LogP contribution in [0.15, 0.2) is 59.1 Å². The Morgan fingerprint density at radius 1 is 1.04 bits per heavy atom. The molecule has 0 heterocycles. The van der Waals surface area contributed by atoms with Crippen molar-refractivity contribution in [1.29, 1.82) is 0 Å². The normalized spacial score (nSPS) is 11.6. The summed E-state index contributed by atoms with van der Waals surface area (Å²) in [6.07, 6.45) is -0.555. The van der Waals surface area contributed by atoms with Gasteiger partial charge in [0.25, 0.3) is 5.91 Å². The molecule has 0 saturated heterocycles. The quantitative estimate of drug-likeness (QED) is 0.664. The highest BCUT2D eigenvalue weighted by atomic mass is 79.9. The minimum Gasteiger partial charge on any atom is -0.364 e. The number of rotatable bonds is 8. The fourth-order valence-corrected chi connectivity index (χ4v) is 2.51. The summed E-state index contributed by atoms with van der Waals surface area (Å²) >= 11 is 3.33. The summed E-state index contributed by atoms with van der Waals surface area (Å²) in [5.41, 5.74) is 1.59. The predicted octanol–water partition coefficient (Wildman–Crippen LogP) is 2.90. The van der Waals surface area contributed by atoms with Gasteiger partial charge in [-0.05, 0) is 30.7 Å². The topological polar surface area (TPSA) is 67.4 Å². The number of amides is 2. The summed E-state index contributed by atoms with van der Waals surface area (Å²) < 4.78 is 6.39. The maximum Gasteiger partial charge on any atom is 0.251 e. The van der Waals surface area contributed by atoms with Gasteiger partial charge in [0.1, 0.15) is 6.10 Å². The lowest BCUT2D eigenvalue weighted by Gasteiger charge is -2.13. The predicted molar refractivity (Wildman–Crippen MR) is 100 cm³/mol. The van der Waals surface area contributed by atoms with E-state index in [0.717, 1.165) is 10.0 Å². The third kappa shape index (κ3) is 6.68. The largest absolute Gasteiger partial charge is 0.364 e. The monoisotopic (exact) mass is 404 g/mol. The second-order valence-corrected chi connectivity index (χ2v) is 6.41. The van der Waals surface area contributed by atoms with E-state index in [1.165, 1.54) is 0 Å². The molecule has 0 radical (unpaired) electrons. The van der Waals surface area contributed by atoms with E-state index in [4.69, 9.17) is 4.74 Å². The van der Waals surface area contributed by atoms with Gasteiger partial charge in [-0.15, -0.1) is 0 Å². The molecule has 2 aromatic carbocycles. The number of halogens is 1. The van der Waals surface area contributed by atoms with Crippen molar-refractivity contribution >= 4 is 27.7 Å². The molecule has 0 aliphatic rings. The number of nitrogens with one attached hydrogen (secondary N) is 2. The molecule has 5 nitrogen and oxygen atoms in total. The number of benzene rings is 2. The van der Waals surface area contributed by atoms with E-state index < -0.39 is 6.10 Å². The molecule has 0 spiro atoms. The highest BCUT2D eigenvalue weighted by Crippen LogP contribution is 2.11. The average Bonchev–Trinajstić information content (AvgIpc) is 2.63. The van der Waals surface area contributed by atoms with E-state index in [1.807, 2.05) is 36.4 Å². The van der Waals surface area contributed by atoms with Crippen LogP contribution in [0.4, 0.5) is 0 Å².